The van der Waals surface area contributed by atoms with E-state index in [1.807, 2.05) is 28.9 Å². The minimum Gasteiger partial charge on any atom is -0.339 e. The number of benzene rings is 1. The number of carbonyl (C=O) groups is 2. The van der Waals surface area contributed by atoms with Crippen LogP contribution in [0.4, 0.5) is 0 Å². The van der Waals surface area contributed by atoms with Crippen LogP contribution < -0.4 is 0 Å². The van der Waals surface area contributed by atoms with E-state index in [1.54, 1.807) is 0 Å². The lowest BCUT2D eigenvalue weighted by molar-refractivity contribution is -0.139. The molecule has 1 aromatic rings. The number of amides is 2. The summed E-state index contributed by atoms with van der Waals surface area (Å²) in [6.07, 6.45) is 0.982. The fourth-order valence-electron chi connectivity index (χ4n) is 2.74. The molecule has 1 heterocycles. The van der Waals surface area contributed by atoms with Crippen LogP contribution in [-0.4, -0.2) is 47.8 Å². The highest BCUT2D eigenvalue weighted by Gasteiger charge is 2.23. The Kier molecular flexibility index (Phi) is 5.58. The highest BCUT2D eigenvalue weighted by atomic mass is 16.2. The average molecular weight is 302 g/mol. The molecule has 2 rings (SSSR count). The summed E-state index contributed by atoms with van der Waals surface area (Å²) in [7, 11) is 0. The minimum atomic E-state index is 0.154. The van der Waals surface area contributed by atoms with Crippen LogP contribution in [0.1, 0.15) is 44.2 Å². The fourth-order valence-corrected chi connectivity index (χ4v) is 2.74. The molecule has 2 amide bonds. The van der Waals surface area contributed by atoms with Gasteiger partial charge in [-0.3, -0.25) is 9.59 Å². The van der Waals surface area contributed by atoms with Crippen LogP contribution >= 0.6 is 0 Å². The Morgan fingerprint density at radius 1 is 0.955 bits per heavy atom. The van der Waals surface area contributed by atoms with Crippen molar-refractivity contribution in [1.29, 1.82) is 0 Å². The molecule has 0 bridgehead atoms. The van der Waals surface area contributed by atoms with Gasteiger partial charge < -0.3 is 9.80 Å². The van der Waals surface area contributed by atoms with E-state index in [9.17, 15) is 9.59 Å². The van der Waals surface area contributed by atoms with Gasteiger partial charge >= 0.3 is 0 Å². The van der Waals surface area contributed by atoms with Crippen molar-refractivity contribution in [3.8, 4) is 0 Å². The van der Waals surface area contributed by atoms with E-state index in [0.29, 0.717) is 44.9 Å². The van der Waals surface area contributed by atoms with Crippen molar-refractivity contribution in [3.05, 3.63) is 35.4 Å². The number of piperazine rings is 1. The van der Waals surface area contributed by atoms with Gasteiger partial charge in [0.1, 0.15) is 0 Å². The zero-order chi connectivity index (χ0) is 16.1. The van der Waals surface area contributed by atoms with Gasteiger partial charge in [-0.15, -0.1) is 0 Å². The second-order valence-corrected chi connectivity index (χ2v) is 6.19. The molecule has 4 heteroatoms. The first-order valence-corrected chi connectivity index (χ1v) is 8.15. The van der Waals surface area contributed by atoms with Crippen LogP contribution in [0.3, 0.4) is 0 Å². The van der Waals surface area contributed by atoms with E-state index in [-0.39, 0.29) is 11.8 Å². The Morgan fingerprint density at radius 2 is 1.45 bits per heavy atom. The van der Waals surface area contributed by atoms with E-state index in [0.717, 1.165) is 5.56 Å². The Bertz CT molecular complexity index is 514. The number of hydrogen-bond donors (Lipinski definition) is 0. The highest BCUT2D eigenvalue weighted by molar-refractivity contribution is 5.80. The van der Waals surface area contributed by atoms with Crippen LogP contribution in [-0.2, 0) is 16.0 Å². The van der Waals surface area contributed by atoms with E-state index in [4.69, 9.17) is 0 Å². The van der Waals surface area contributed by atoms with Gasteiger partial charge in [0.15, 0.2) is 0 Å². The van der Waals surface area contributed by atoms with Crippen LogP contribution in [0, 0.1) is 0 Å². The summed E-state index contributed by atoms with van der Waals surface area (Å²) in [5.41, 5.74) is 2.35. The Hall–Kier alpha value is -1.84. The van der Waals surface area contributed by atoms with Gasteiger partial charge in [0.05, 0.1) is 6.42 Å². The maximum atomic E-state index is 12.4. The molecule has 0 spiro atoms. The van der Waals surface area contributed by atoms with Crippen LogP contribution in [0.5, 0.6) is 0 Å². The molecular formula is C18H26N2O2. The van der Waals surface area contributed by atoms with Gasteiger partial charge in [-0.05, 0) is 17.0 Å². The minimum absolute atomic E-state index is 0.154. The van der Waals surface area contributed by atoms with Crippen LogP contribution in [0.15, 0.2) is 24.3 Å². The van der Waals surface area contributed by atoms with Crippen molar-refractivity contribution in [3.63, 3.8) is 0 Å². The first-order valence-electron chi connectivity index (χ1n) is 8.15. The molecule has 0 aromatic heterocycles. The second kappa shape index (κ2) is 7.43. The lowest BCUT2D eigenvalue weighted by atomic mass is 10.0. The fraction of sp³-hybridized carbons (Fsp3) is 0.556. The predicted octanol–water partition coefficient (Wildman–Crippen LogP) is 2.43. The highest BCUT2D eigenvalue weighted by Crippen LogP contribution is 2.15. The molecule has 1 aliphatic heterocycles. The predicted molar refractivity (Wildman–Crippen MR) is 87.7 cm³/mol. The van der Waals surface area contributed by atoms with Crippen molar-refractivity contribution in [2.24, 2.45) is 0 Å². The molecule has 1 saturated heterocycles. The number of rotatable bonds is 4. The summed E-state index contributed by atoms with van der Waals surface area (Å²) in [6, 6.07) is 8.30. The Labute approximate surface area is 133 Å². The van der Waals surface area contributed by atoms with Gasteiger partial charge in [-0.1, -0.05) is 45.0 Å². The summed E-state index contributed by atoms with van der Waals surface area (Å²) in [4.78, 5) is 27.7. The van der Waals surface area contributed by atoms with Crippen molar-refractivity contribution in [1.82, 2.24) is 9.80 Å². The lowest BCUT2D eigenvalue weighted by Gasteiger charge is -2.34. The van der Waals surface area contributed by atoms with E-state index in [1.165, 1.54) is 5.56 Å². The summed E-state index contributed by atoms with van der Waals surface area (Å²) in [5.74, 6) is 0.839. The third-order valence-electron chi connectivity index (χ3n) is 4.29. The van der Waals surface area contributed by atoms with Crippen molar-refractivity contribution >= 4 is 11.8 Å². The zero-order valence-electron chi connectivity index (χ0n) is 13.8. The first-order chi connectivity index (χ1) is 10.5. The SMILES string of the molecule is CCC(=O)N1CCN(C(=O)Cc2ccc(C(C)C)cc2)CC1. The summed E-state index contributed by atoms with van der Waals surface area (Å²) >= 11 is 0. The molecule has 1 aliphatic rings. The molecule has 0 saturated carbocycles. The molecule has 1 fully saturated rings. The molecular weight excluding hydrogens is 276 g/mol. The van der Waals surface area contributed by atoms with Gasteiger partial charge in [-0.25, -0.2) is 0 Å². The Balaban J connectivity index is 1.87. The van der Waals surface area contributed by atoms with Crippen LogP contribution in [0.25, 0.3) is 0 Å². The maximum Gasteiger partial charge on any atom is 0.227 e. The van der Waals surface area contributed by atoms with Gasteiger partial charge in [0, 0.05) is 32.6 Å². The quantitative estimate of drug-likeness (QED) is 0.857. The van der Waals surface area contributed by atoms with E-state index >= 15 is 0 Å². The first kappa shape index (κ1) is 16.5. The van der Waals surface area contributed by atoms with E-state index in [2.05, 4.69) is 26.0 Å². The topological polar surface area (TPSA) is 40.6 Å². The lowest BCUT2D eigenvalue weighted by Crippen LogP contribution is -2.50. The third-order valence-corrected chi connectivity index (χ3v) is 4.29. The maximum absolute atomic E-state index is 12.4. The second-order valence-electron chi connectivity index (χ2n) is 6.19. The molecule has 120 valence electrons. The number of carbonyl (C=O) groups excluding carboxylic acids is 2. The van der Waals surface area contributed by atoms with Gasteiger partial charge in [0.2, 0.25) is 11.8 Å². The third kappa shape index (κ3) is 4.09. The summed E-state index contributed by atoms with van der Waals surface area (Å²) in [6.45, 7) is 8.81. The van der Waals surface area contributed by atoms with Gasteiger partial charge in [-0.2, -0.15) is 0 Å². The molecule has 0 aliphatic carbocycles. The molecule has 22 heavy (non-hydrogen) atoms. The smallest absolute Gasteiger partial charge is 0.227 e. The molecule has 4 nitrogen and oxygen atoms in total. The van der Waals surface area contributed by atoms with Gasteiger partial charge in [0.25, 0.3) is 0 Å². The summed E-state index contributed by atoms with van der Waals surface area (Å²) < 4.78 is 0. The molecule has 0 unspecified atom stereocenters. The normalized spacial score (nSPS) is 15.3. The van der Waals surface area contributed by atoms with Crippen molar-refractivity contribution in [2.75, 3.05) is 26.2 Å². The zero-order valence-corrected chi connectivity index (χ0v) is 13.8. The molecule has 1 aromatic carbocycles. The number of nitrogens with zero attached hydrogens (tertiary/aromatic N) is 2. The number of hydrogen-bond acceptors (Lipinski definition) is 2. The molecule has 0 atom stereocenters. The average Bonchev–Trinajstić information content (AvgIpc) is 2.54. The largest absolute Gasteiger partial charge is 0.339 e. The molecule has 0 radical (unpaired) electrons. The molecule has 0 N–H and O–H groups in total. The Morgan fingerprint density at radius 3 is 1.91 bits per heavy atom. The van der Waals surface area contributed by atoms with Crippen molar-refractivity contribution in [2.45, 2.75) is 39.5 Å². The summed E-state index contributed by atoms with van der Waals surface area (Å²) in [5, 5.41) is 0. The standard InChI is InChI=1S/C18H26N2O2/c1-4-17(21)19-9-11-20(12-10-19)18(22)13-15-5-7-16(8-6-15)14(2)3/h5-8,14H,4,9-13H2,1-3H3. The van der Waals surface area contributed by atoms with Crippen molar-refractivity contribution < 1.29 is 9.59 Å². The monoisotopic (exact) mass is 302 g/mol. The van der Waals surface area contributed by atoms with E-state index < -0.39 is 0 Å². The van der Waals surface area contributed by atoms with Crippen LogP contribution in [0.2, 0.25) is 0 Å².